The zero-order valence-corrected chi connectivity index (χ0v) is 21.7. The number of rotatable bonds is 3. The van der Waals surface area contributed by atoms with Crippen molar-refractivity contribution >= 4 is 23.4 Å². The molecular formula is C28H35ClN2O5. The van der Waals surface area contributed by atoms with Crippen molar-refractivity contribution in [3.63, 3.8) is 0 Å². The summed E-state index contributed by atoms with van der Waals surface area (Å²) in [4.78, 5) is 29.4. The Morgan fingerprint density at radius 3 is 2.53 bits per heavy atom. The zero-order valence-electron chi connectivity index (χ0n) is 20.9. The first-order chi connectivity index (χ1) is 17.5. The molecule has 2 aromatic carbocycles. The molecule has 0 bridgehead atoms. The molecule has 0 saturated carbocycles. The molecule has 0 aliphatic carbocycles. The largest absolute Gasteiger partial charge is 0.492 e. The highest BCUT2D eigenvalue weighted by molar-refractivity contribution is 6.30. The highest BCUT2D eigenvalue weighted by atomic mass is 35.5. The molecule has 0 unspecified atom stereocenters. The number of carbonyl (C=O) groups is 2. The fourth-order valence-electron chi connectivity index (χ4n) is 4.78. The van der Waals surface area contributed by atoms with Crippen molar-refractivity contribution in [2.24, 2.45) is 5.41 Å². The molecule has 0 radical (unpaired) electrons. The van der Waals surface area contributed by atoms with E-state index in [0.29, 0.717) is 61.5 Å². The standard InChI is InChI=1S/C28H35ClN2O5/c1-30-17-19-34-18-5-4-12-28(21-36-25-7-3-2-6-24(25)27(30)33)13-15-31(16-14-28)26(32)20-35-23-10-8-22(29)9-11-23/h2-3,6-11H,4-5,12-21H2,1H3. The first-order valence-corrected chi connectivity index (χ1v) is 13.0. The lowest BCUT2D eigenvalue weighted by atomic mass is 9.75. The Morgan fingerprint density at radius 2 is 1.75 bits per heavy atom. The second-order valence-corrected chi connectivity index (χ2v) is 10.1. The van der Waals surface area contributed by atoms with Gasteiger partial charge in [-0.15, -0.1) is 0 Å². The molecule has 8 heteroatoms. The lowest BCUT2D eigenvalue weighted by Crippen LogP contribution is -2.47. The van der Waals surface area contributed by atoms with Crippen molar-refractivity contribution in [2.75, 3.05) is 53.1 Å². The maximum atomic E-state index is 13.0. The average molecular weight is 515 g/mol. The van der Waals surface area contributed by atoms with Crippen LogP contribution in [0.1, 0.15) is 42.5 Å². The summed E-state index contributed by atoms with van der Waals surface area (Å²) in [6.07, 6.45) is 4.68. The van der Waals surface area contributed by atoms with Gasteiger partial charge in [0, 0.05) is 43.7 Å². The average Bonchev–Trinajstić information content (AvgIpc) is 2.90. The van der Waals surface area contributed by atoms with Gasteiger partial charge in [0.05, 0.1) is 18.8 Å². The van der Waals surface area contributed by atoms with E-state index in [9.17, 15) is 9.59 Å². The molecule has 2 heterocycles. The second kappa shape index (κ2) is 12.5. The van der Waals surface area contributed by atoms with Crippen LogP contribution in [-0.4, -0.2) is 74.7 Å². The third-order valence-electron chi connectivity index (χ3n) is 7.17. The van der Waals surface area contributed by atoms with Crippen molar-refractivity contribution in [3.05, 3.63) is 59.1 Å². The molecule has 0 aromatic heterocycles. The van der Waals surface area contributed by atoms with Gasteiger partial charge in [0.1, 0.15) is 11.5 Å². The van der Waals surface area contributed by atoms with E-state index in [1.807, 2.05) is 29.2 Å². The molecule has 2 aromatic rings. The summed E-state index contributed by atoms with van der Waals surface area (Å²) in [6, 6.07) is 14.4. The van der Waals surface area contributed by atoms with Crippen molar-refractivity contribution in [3.8, 4) is 11.5 Å². The van der Waals surface area contributed by atoms with Crippen molar-refractivity contribution in [1.82, 2.24) is 9.80 Å². The molecule has 1 fully saturated rings. The second-order valence-electron chi connectivity index (χ2n) is 9.70. The van der Waals surface area contributed by atoms with Gasteiger partial charge in [-0.2, -0.15) is 0 Å². The molecular weight excluding hydrogens is 480 g/mol. The number of nitrogens with zero attached hydrogens (tertiary/aromatic N) is 2. The van der Waals surface area contributed by atoms with Crippen LogP contribution >= 0.6 is 11.6 Å². The van der Waals surface area contributed by atoms with Crippen molar-refractivity contribution in [2.45, 2.75) is 32.1 Å². The lowest BCUT2D eigenvalue weighted by molar-refractivity contribution is -0.136. The summed E-state index contributed by atoms with van der Waals surface area (Å²) in [5, 5.41) is 0.631. The number of amides is 2. The Balaban J connectivity index is 1.40. The van der Waals surface area contributed by atoms with Gasteiger partial charge in [-0.1, -0.05) is 30.2 Å². The summed E-state index contributed by atoms with van der Waals surface area (Å²) >= 11 is 5.92. The van der Waals surface area contributed by atoms with Gasteiger partial charge in [-0.25, -0.2) is 0 Å². The third kappa shape index (κ3) is 6.92. The van der Waals surface area contributed by atoms with Crippen molar-refractivity contribution in [1.29, 1.82) is 0 Å². The number of para-hydroxylation sites is 1. The van der Waals surface area contributed by atoms with Crippen LogP contribution in [0.3, 0.4) is 0 Å². The minimum absolute atomic E-state index is 0.00543. The van der Waals surface area contributed by atoms with Gasteiger partial charge < -0.3 is 24.0 Å². The first kappa shape index (κ1) is 26.3. The third-order valence-corrected chi connectivity index (χ3v) is 7.42. The minimum atomic E-state index is -0.0681. The molecule has 2 amide bonds. The van der Waals surface area contributed by atoms with E-state index >= 15 is 0 Å². The number of hydrogen-bond acceptors (Lipinski definition) is 5. The van der Waals surface area contributed by atoms with Crippen LogP contribution in [0.5, 0.6) is 11.5 Å². The van der Waals surface area contributed by atoms with E-state index < -0.39 is 0 Å². The molecule has 1 saturated heterocycles. The molecule has 2 aliphatic rings. The first-order valence-electron chi connectivity index (χ1n) is 12.7. The Bertz CT molecular complexity index is 1020. The topological polar surface area (TPSA) is 68.3 Å². The van der Waals surface area contributed by atoms with Gasteiger partial charge in [-0.05, 0) is 62.1 Å². The Kier molecular flexibility index (Phi) is 9.10. The number of ether oxygens (including phenoxy) is 3. The van der Waals surface area contributed by atoms with E-state index in [4.69, 9.17) is 25.8 Å². The number of hydrogen-bond donors (Lipinski definition) is 0. The van der Waals surface area contributed by atoms with Crippen LogP contribution in [0.25, 0.3) is 0 Å². The Morgan fingerprint density at radius 1 is 1.00 bits per heavy atom. The predicted octanol–water partition coefficient (Wildman–Crippen LogP) is 4.68. The van der Waals surface area contributed by atoms with E-state index in [1.54, 1.807) is 36.2 Å². The number of benzene rings is 2. The quantitative estimate of drug-likeness (QED) is 0.595. The van der Waals surface area contributed by atoms with Crippen LogP contribution in [0.4, 0.5) is 0 Å². The van der Waals surface area contributed by atoms with E-state index in [1.165, 1.54) is 0 Å². The Hall–Kier alpha value is -2.77. The van der Waals surface area contributed by atoms with Crippen LogP contribution in [0.15, 0.2) is 48.5 Å². The maximum Gasteiger partial charge on any atom is 0.260 e. The van der Waals surface area contributed by atoms with E-state index in [2.05, 4.69) is 0 Å². The fraction of sp³-hybridized carbons (Fsp3) is 0.500. The molecule has 4 rings (SSSR count). The molecule has 7 nitrogen and oxygen atoms in total. The minimum Gasteiger partial charge on any atom is -0.492 e. The van der Waals surface area contributed by atoms with E-state index in [-0.39, 0.29) is 23.8 Å². The maximum absolute atomic E-state index is 13.0. The molecule has 2 aliphatic heterocycles. The summed E-state index contributed by atoms with van der Waals surface area (Å²) in [7, 11) is 1.79. The highest BCUT2D eigenvalue weighted by Gasteiger charge is 2.37. The molecule has 0 atom stereocenters. The summed E-state index contributed by atoms with van der Waals surface area (Å²) in [5.41, 5.74) is 0.513. The number of fused-ring (bicyclic) bond motifs is 1. The SMILES string of the molecule is CN1CCOCCCCC2(CCN(C(=O)COc3ccc(Cl)cc3)CC2)COc2ccccc2C1=O. The zero-order chi connectivity index (χ0) is 25.4. The summed E-state index contributed by atoms with van der Waals surface area (Å²) in [6.45, 7) is 3.59. The van der Waals surface area contributed by atoms with Gasteiger partial charge in [0.15, 0.2) is 6.61 Å². The molecule has 36 heavy (non-hydrogen) atoms. The molecule has 1 spiro atoms. The van der Waals surface area contributed by atoms with Gasteiger partial charge in [0.25, 0.3) is 11.8 Å². The molecule has 0 N–H and O–H groups in total. The predicted molar refractivity (Wildman–Crippen MR) is 139 cm³/mol. The van der Waals surface area contributed by atoms with Crippen LogP contribution in [0, 0.1) is 5.41 Å². The lowest BCUT2D eigenvalue weighted by Gasteiger charge is -2.42. The Labute approximate surface area is 218 Å². The van der Waals surface area contributed by atoms with Gasteiger partial charge >= 0.3 is 0 Å². The summed E-state index contributed by atoms with van der Waals surface area (Å²) in [5.74, 6) is 1.15. The molecule has 194 valence electrons. The van der Waals surface area contributed by atoms with Crippen molar-refractivity contribution < 1.29 is 23.8 Å². The number of likely N-dealkylation sites (tertiary alicyclic amines) is 1. The number of likely N-dealkylation sites (N-methyl/N-ethyl adjacent to an activating group) is 1. The van der Waals surface area contributed by atoms with Crippen LogP contribution in [0.2, 0.25) is 5.02 Å². The summed E-state index contributed by atoms with van der Waals surface area (Å²) < 4.78 is 17.8. The normalized spacial score (nSPS) is 19.2. The van der Waals surface area contributed by atoms with Gasteiger partial charge in [-0.3, -0.25) is 9.59 Å². The number of carbonyl (C=O) groups excluding carboxylic acids is 2. The number of halogens is 1. The van der Waals surface area contributed by atoms with E-state index in [0.717, 1.165) is 32.1 Å². The monoisotopic (exact) mass is 514 g/mol. The fourth-order valence-corrected chi connectivity index (χ4v) is 4.91. The smallest absolute Gasteiger partial charge is 0.260 e. The number of piperidine rings is 1. The highest BCUT2D eigenvalue weighted by Crippen LogP contribution is 2.38. The van der Waals surface area contributed by atoms with Crippen LogP contribution < -0.4 is 9.47 Å². The van der Waals surface area contributed by atoms with Gasteiger partial charge in [0.2, 0.25) is 0 Å². The van der Waals surface area contributed by atoms with Crippen LogP contribution in [-0.2, 0) is 9.53 Å².